The van der Waals surface area contributed by atoms with Gasteiger partial charge < -0.3 is 10.2 Å². The Hall–Kier alpha value is -0.870. The number of carbonyl (C=O) groups is 1. The third-order valence-electron chi connectivity index (χ3n) is 2.75. The summed E-state index contributed by atoms with van der Waals surface area (Å²) in [7, 11) is 1.88. The maximum Gasteiger partial charge on any atom is 0.222 e. The molecule has 0 aliphatic carbocycles. The van der Waals surface area contributed by atoms with Crippen molar-refractivity contribution in [2.75, 3.05) is 20.1 Å². The van der Waals surface area contributed by atoms with E-state index in [1.807, 2.05) is 17.3 Å². The van der Waals surface area contributed by atoms with Crippen LogP contribution in [-0.4, -0.2) is 30.9 Å². The molecule has 82 valence electrons. The molecule has 0 atom stereocenters. The summed E-state index contributed by atoms with van der Waals surface area (Å²) in [5.74, 6) is 0.815. The van der Waals surface area contributed by atoms with Crippen molar-refractivity contribution in [1.82, 2.24) is 10.2 Å². The molecule has 15 heavy (non-hydrogen) atoms. The summed E-state index contributed by atoms with van der Waals surface area (Å²) in [4.78, 5) is 13.6. The van der Waals surface area contributed by atoms with E-state index in [9.17, 15) is 4.79 Å². The first-order valence-corrected chi connectivity index (χ1v) is 6.16. The molecule has 2 rings (SSSR count). The van der Waals surface area contributed by atoms with Crippen molar-refractivity contribution < 1.29 is 4.79 Å². The van der Waals surface area contributed by atoms with Gasteiger partial charge in [0, 0.05) is 20.0 Å². The van der Waals surface area contributed by atoms with Gasteiger partial charge in [0.1, 0.15) is 0 Å². The number of nitrogens with zero attached hydrogens (tertiary/aromatic N) is 1. The second kappa shape index (κ2) is 4.77. The van der Waals surface area contributed by atoms with Gasteiger partial charge in [-0.2, -0.15) is 11.3 Å². The van der Waals surface area contributed by atoms with Crippen LogP contribution in [0.25, 0.3) is 0 Å². The normalized spacial score (nSPS) is 16.1. The van der Waals surface area contributed by atoms with Gasteiger partial charge in [0.25, 0.3) is 0 Å². The van der Waals surface area contributed by atoms with Gasteiger partial charge in [-0.05, 0) is 41.4 Å². The van der Waals surface area contributed by atoms with E-state index < -0.39 is 0 Å². The fourth-order valence-corrected chi connectivity index (χ4v) is 2.30. The molecule has 3 nitrogen and oxygen atoms in total. The van der Waals surface area contributed by atoms with Crippen LogP contribution in [0.3, 0.4) is 0 Å². The van der Waals surface area contributed by atoms with Crippen LogP contribution in [0.15, 0.2) is 16.8 Å². The summed E-state index contributed by atoms with van der Waals surface area (Å²) >= 11 is 1.67. The minimum atomic E-state index is 0.257. The Morgan fingerprint density at radius 3 is 3.00 bits per heavy atom. The van der Waals surface area contributed by atoms with Gasteiger partial charge >= 0.3 is 0 Å². The van der Waals surface area contributed by atoms with E-state index >= 15 is 0 Å². The average molecular weight is 224 g/mol. The topological polar surface area (TPSA) is 32.3 Å². The predicted octanol–water partition coefficient (Wildman–Crippen LogP) is 1.32. The minimum absolute atomic E-state index is 0.257. The Balaban J connectivity index is 1.79. The molecule has 1 aliphatic heterocycles. The summed E-state index contributed by atoms with van der Waals surface area (Å²) in [6, 6.07) is 2.07. The van der Waals surface area contributed by atoms with E-state index in [0.29, 0.717) is 12.3 Å². The molecule has 0 saturated carbocycles. The summed E-state index contributed by atoms with van der Waals surface area (Å²) < 4.78 is 0. The largest absolute Gasteiger partial charge is 0.341 e. The zero-order chi connectivity index (χ0) is 10.7. The highest BCUT2D eigenvalue weighted by molar-refractivity contribution is 7.07. The lowest BCUT2D eigenvalue weighted by Crippen LogP contribution is -2.44. The molecule has 1 fully saturated rings. The van der Waals surface area contributed by atoms with E-state index in [-0.39, 0.29) is 5.91 Å². The first-order valence-electron chi connectivity index (χ1n) is 5.21. The first-order chi connectivity index (χ1) is 7.25. The molecule has 0 radical (unpaired) electrons. The molecule has 1 saturated heterocycles. The van der Waals surface area contributed by atoms with Crippen LogP contribution in [0.1, 0.15) is 12.0 Å². The van der Waals surface area contributed by atoms with Gasteiger partial charge in [0.2, 0.25) is 5.91 Å². The van der Waals surface area contributed by atoms with Crippen molar-refractivity contribution in [1.29, 1.82) is 0 Å². The van der Waals surface area contributed by atoms with E-state index in [1.54, 1.807) is 11.3 Å². The van der Waals surface area contributed by atoms with Crippen molar-refractivity contribution in [3.05, 3.63) is 22.4 Å². The van der Waals surface area contributed by atoms with Gasteiger partial charge in [-0.1, -0.05) is 0 Å². The second-order valence-electron chi connectivity index (χ2n) is 4.11. The summed E-state index contributed by atoms with van der Waals surface area (Å²) in [5, 5.41) is 7.32. The zero-order valence-electron chi connectivity index (χ0n) is 8.90. The monoisotopic (exact) mass is 224 g/mol. The van der Waals surface area contributed by atoms with Gasteiger partial charge in [0.15, 0.2) is 0 Å². The lowest BCUT2D eigenvalue weighted by Gasteiger charge is -2.28. The Morgan fingerprint density at radius 2 is 2.47 bits per heavy atom. The third kappa shape index (κ3) is 2.79. The smallest absolute Gasteiger partial charge is 0.222 e. The molecule has 1 aromatic rings. The standard InChI is InChI=1S/C11H16N2OS/c1-13(7-9-2-3-15-8-9)11(14)4-10-5-12-6-10/h2-3,8,10,12H,4-7H2,1H3. The number of rotatable bonds is 4. The molecule has 2 heterocycles. The highest BCUT2D eigenvalue weighted by Gasteiger charge is 2.21. The van der Waals surface area contributed by atoms with E-state index in [2.05, 4.69) is 16.8 Å². The molecule has 1 amide bonds. The van der Waals surface area contributed by atoms with Gasteiger partial charge in [0.05, 0.1) is 0 Å². The quantitative estimate of drug-likeness (QED) is 0.836. The third-order valence-corrected chi connectivity index (χ3v) is 3.49. The Morgan fingerprint density at radius 1 is 1.67 bits per heavy atom. The van der Waals surface area contributed by atoms with Crippen molar-refractivity contribution >= 4 is 17.2 Å². The summed E-state index contributed by atoms with van der Waals surface area (Å²) in [6.45, 7) is 2.73. The lowest BCUT2D eigenvalue weighted by molar-refractivity contribution is -0.131. The van der Waals surface area contributed by atoms with Crippen LogP contribution in [0.4, 0.5) is 0 Å². The van der Waals surface area contributed by atoms with Gasteiger partial charge in [-0.25, -0.2) is 0 Å². The van der Waals surface area contributed by atoms with E-state index in [1.165, 1.54) is 5.56 Å². The summed E-state index contributed by atoms with van der Waals surface area (Å²) in [6.07, 6.45) is 0.688. The van der Waals surface area contributed by atoms with Gasteiger partial charge in [-0.3, -0.25) is 4.79 Å². The number of carbonyl (C=O) groups excluding carboxylic acids is 1. The average Bonchev–Trinajstić information content (AvgIpc) is 2.63. The highest BCUT2D eigenvalue weighted by Crippen LogP contribution is 2.13. The van der Waals surface area contributed by atoms with Crippen LogP contribution in [0.2, 0.25) is 0 Å². The van der Waals surface area contributed by atoms with Crippen molar-refractivity contribution in [2.24, 2.45) is 5.92 Å². The van der Waals surface area contributed by atoms with Crippen LogP contribution < -0.4 is 5.32 Å². The molecule has 1 N–H and O–H groups in total. The van der Waals surface area contributed by atoms with Crippen LogP contribution in [0.5, 0.6) is 0 Å². The second-order valence-corrected chi connectivity index (χ2v) is 4.89. The van der Waals surface area contributed by atoms with Crippen LogP contribution in [-0.2, 0) is 11.3 Å². The molecule has 1 aliphatic rings. The van der Waals surface area contributed by atoms with E-state index in [0.717, 1.165) is 19.6 Å². The fraction of sp³-hybridized carbons (Fsp3) is 0.545. The van der Waals surface area contributed by atoms with Crippen molar-refractivity contribution in [2.45, 2.75) is 13.0 Å². The Bertz CT molecular complexity index is 319. The molecule has 1 aromatic heterocycles. The molecule has 0 unspecified atom stereocenters. The Labute approximate surface area is 94.1 Å². The molecule has 0 bridgehead atoms. The lowest BCUT2D eigenvalue weighted by atomic mass is 9.99. The van der Waals surface area contributed by atoms with Gasteiger partial charge in [-0.15, -0.1) is 0 Å². The van der Waals surface area contributed by atoms with Crippen molar-refractivity contribution in [3.8, 4) is 0 Å². The van der Waals surface area contributed by atoms with Crippen LogP contribution in [0, 0.1) is 5.92 Å². The number of hydrogen-bond donors (Lipinski definition) is 1. The summed E-state index contributed by atoms with van der Waals surface area (Å²) in [5.41, 5.74) is 1.22. The fourth-order valence-electron chi connectivity index (χ4n) is 1.64. The number of thiophene rings is 1. The molecular weight excluding hydrogens is 208 g/mol. The predicted molar refractivity (Wildman–Crippen MR) is 61.8 cm³/mol. The minimum Gasteiger partial charge on any atom is -0.341 e. The number of hydrogen-bond acceptors (Lipinski definition) is 3. The van der Waals surface area contributed by atoms with E-state index in [4.69, 9.17) is 0 Å². The number of amides is 1. The molecule has 0 spiro atoms. The SMILES string of the molecule is CN(Cc1ccsc1)C(=O)CC1CNC1. The highest BCUT2D eigenvalue weighted by atomic mass is 32.1. The maximum absolute atomic E-state index is 11.8. The van der Waals surface area contributed by atoms with Crippen LogP contribution >= 0.6 is 11.3 Å². The maximum atomic E-state index is 11.8. The molecular formula is C11H16N2OS. The Kier molecular flexibility index (Phi) is 3.38. The molecule has 4 heteroatoms. The molecule has 0 aromatic carbocycles. The first kappa shape index (κ1) is 10.6. The van der Waals surface area contributed by atoms with Crippen molar-refractivity contribution in [3.63, 3.8) is 0 Å². The zero-order valence-corrected chi connectivity index (χ0v) is 9.72. The number of nitrogens with one attached hydrogen (secondary N) is 1.